The van der Waals surface area contributed by atoms with Gasteiger partial charge in [0.2, 0.25) is 5.91 Å². The van der Waals surface area contributed by atoms with Gasteiger partial charge in [-0.15, -0.1) is 0 Å². The third-order valence-electron chi connectivity index (χ3n) is 4.04. The van der Waals surface area contributed by atoms with E-state index in [1.807, 2.05) is 0 Å². The van der Waals surface area contributed by atoms with Gasteiger partial charge in [0.1, 0.15) is 11.6 Å². The summed E-state index contributed by atoms with van der Waals surface area (Å²) >= 11 is 0. The first kappa shape index (κ1) is 17.9. The normalized spacial score (nSPS) is 12.7. The molecule has 0 radical (unpaired) electrons. The van der Waals surface area contributed by atoms with Crippen molar-refractivity contribution in [3.63, 3.8) is 0 Å². The topological polar surface area (TPSA) is 73.9 Å². The van der Waals surface area contributed by atoms with Crippen molar-refractivity contribution in [3.05, 3.63) is 58.4 Å². The van der Waals surface area contributed by atoms with Gasteiger partial charge in [-0.3, -0.25) is 4.79 Å². The first-order chi connectivity index (χ1) is 12.5. The molecule has 1 amide bonds. The molecular formula is C19H18FNO5. The number of halogens is 1. The fourth-order valence-corrected chi connectivity index (χ4v) is 2.76. The van der Waals surface area contributed by atoms with E-state index in [1.54, 1.807) is 25.1 Å². The fraction of sp³-hybridized carbons (Fsp3) is 0.263. The van der Waals surface area contributed by atoms with Gasteiger partial charge in [0.05, 0.1) is 25.7 Å². The lowest BCUT2D eigenvalue weighted by molar-refractivity contribution is -0.115. The zero-order chi connectivity index (χ0) is 18.7. The second-order valence-electron chi connectivity index (χ2n) is 5.91. The Morgan fingerprint density at radius 2 is 2.08 bits per heavy atom. The van der Waals surface area contributed by atoms with E-state index in [1.165, 1.54) is 19.2 Å². The maximum absolute atomic E-state index is 13.8. The van der Waals surface area contributed by atoms with E-state index in [0.29, 0.717) is 28.1 Å². The molecule has 2 aromatic carbocycles. The molecule has 0 atom stereocenters. The molecule has 0 unspecified atom stereocenters. The maximum Gasteiger partial charge on any atom is 0.337 e. The SMILES string of the molecule is COC(=O)c1ccc(C)c(NC(=O)Cc2cc(F)cc3c2OCOC3)c1. The monoisotopic (exact) mass is 359 g/mol. The van der Waals surface area contributed by atoms with E-state index in [9.17, 15) is 14.0 Å². The van der Waals surface area contributed by atoms with Crippen molar-refractivity contribution in [2.24, 2.45) is 0 Å². The zero-order valence-electron chi connectivity index (χ0n) is 14.4. The van der Waals surface area contributed by atoms with Crippen LogP contribution in [0.2, 0.25) is 0 Å². The molecule has 1 aliphatic rings. The highest BCUT2D eigenvalue weighted by molar-refractivity contribution is 5.96. The predicted octanol–water partition coefficient (Wildman–Crippen LogP) is 2.97. The van der Waals surface area contributed by atoms with Crippen LogP contribution < -0.4 is 10.1 Å². The number of amides is 1. The Hall–Kier alpha value is -2.93. The second kappa shape index (κ2) is 7.53. The lowest BCUT2D eigenvalue weighted by Crippen LogP contribution is -2.19. The molecule has 0 saturated heterocycles. The number of carbonyl (C=O) groups excluding carboxylic acids is 2. The summed E-state index contributed by atoms with van der Waals surface area (Å²) in [7, 11) is 1.29. The van der Waals surface area contributed by atoms with Crippen LogP contribution >= 0.6 is 0 Å². The first-order valence-corrected chi connectivity index (χ1v) is 7.98. The fourth-order valence-electron chi connectivity index (χ4n) is 2.76. The minimum Gasteiger partial charge on any atom is -0.467 e. The summed E-state index contributed by atoms with van der Waals surface area (Å²) in [4.78, 5) is 24.1. The predicted molar refractivity (Wildman–Crippen MR) is 91.5 cm³/mol. The third-order valence-corrected chi connectivity index (χ3v) is 4.04. The summed E-state index contributed by atoms with van der Waals surface area (Å²) in [5, 5.41) is 2.75. The van der Waals surface area contributed by atoms with Crippen molar-refractivity contribution in [3.8, 4) is 5.75 Å². The van der Waals surface area contributed by atoms with E-state index in [-0.39, 0.29) is 25.7 Å². The Morgan fingerprint density at radius 1 is 1.27 bits per heavy atom. The van der Waals surface area contributed by atoms with E-state index in [0.717, 1.165) is 5.56 Å². The van der Waals surface area contributed by atoms with Gasteiger partial charge in [-0.1, -0.05) is 6.07 Å². The van der Waals surface area contributed by atoms with Crippen molar-refractivity contribution in [2.75, 3.05) is 19.2 Å². The summed E-state index contributed by atoms with van der Waals surface area (Å²) < 4.78 is 29.0. The van der Waals surface area contributed by atoms with E-state index < -0.39 is 11.8 Å². The Morgan fingerprint density at radius 3 is 2.85 bits per heavy atom. The first-order valence-electron chi connectivity index (χ1n) is 7.98. The van der Waals surface area contributed by atoms with E-state index in [4.69, 9.17) is 9.47 Å². The Bertz CT molecular complexity index is 865. The molecule has 3 rings (SSSR count). The number of hydrogen-bond donors (Lipinski definition) is 1. The molecule has 1 N–H and O–H groups in total. The minimum absolute atomic E-state index is 0.0630. The standard InChI is InChI=1S/C19H18FNO5/c1-11-3-4-12(19(23)24-2)7-16(11)21-17(22)8-13-5-15(20)6-14-9-25-10-26-18(13)14/h3-7H,8-10H2,1-2H3,(H,21,22). The van der Waals surface area contributed by atoms with Crippen LogP contribution in [0.4, 0.5) is 10.1 Å². The molecule has 136 valence electrons. The number of aryl methyl sites for hydroxylation is 1. The van der Waals surface area contributed by atoms with Crippen molar-refractivity contribution in [2.45, 2.75) is 20.0 Å². The molecule has 0 spiro atoms. The molecule has 0 aliphatic carbocycles. The number of methoxy groups -OCH3 is 1. The van der Waals surface area contributed by atoms with Crippen LogP contribution in [0.5, 0.6) is 5.75 Å². The molecule has 0 fully saturated rings. The van der Waals surface area contributed by atoms with Crippen LogP contribution in [0.3, 0.4) is 0 Å². The van der Waals surface area contributed by atoms with Crippen LogP contribution in [0.25, 0.3) is 0 Å². The van der Waals surface area contributed by atoms with Gasteiger partial charge in [-0.25, -0.2) is 9.18 Å². The summed E-state index contributed by atoms with van der Waals surface area (Å²) in [5.74, 6) is -0.816. The molecule has 0 saturated carbocycles. The van der Waals surface area contributed by atoms with Crippen LogP contribution in [-0.4, -0.2) is 25.8 Å². The van der Waals surface area contributed by atoms with Gasteiger partial charge in [0.15, 0.2) is 6.79 Å². The van der Waals surface area contributed by atoms with Crippen LogP contribution in [0.1, 0.15) is 27.0 Å². The number of hydrogen-bond acceptors (Lipinski definition) is 5. The van der Waals surface area contributed by atoms with Gasteiger partial charge in [0.25, 0.3) is 0 Å². The molecule has 1 aliphatic heterocycles. The summed E-state index contributed by atoms with van der Waals surface area (Å²) in [6.07, 6.45) is -0.0675. The van der Waals surface area contributed by atoms with Gasteiger partial charge >= 0.3 is 5.97 Å². The molecule has 0 aromatic heterocycles. The van der Waals surface area contributed by atoms with Crippen molar-refractivity contribution in [1.82, 2.24) is 0 Å². The van der Waals surface area contributed by atoms with Crippen LogP contribution in [0.15, 0.2) is 30.3 Å². The van der Waals surface area contributed by atoms with Gasteiger partial charge < -0.3 is 19.5 Å². The molecular weight excluding hydrogens is 341 g/mol. The number of benzene rings is 2. The lowest BCUT2D eigenvalue weighted by atomic mass is 10.0. The number of nitrogens with one attached hydrogen (secondary N) is 1. The molecule has 1 heterocycles. The summed E-state index contributed by atoms with van der Waals surface area (Å²) in [6, 6.07) is 7.49. The summed E-state index contributed by atoms with van der Waals surface area (Å²) in [6.45, 7) is 2.11. The number of ether oxygens (including phenoxy) is 3. The van der Waals surface area contributed by atoms with Gasteiger partial charge in [-0.2, -0.15) is 0 Å². The molecule has 0 bridgehead atoms. The highest BCUT2D eigenvalue weighted by atomic mass is 19.1. The Balaban J connectivity index is 1.80. The second-order valence-corrected chi connectivity index (χ2v) is 5.91. The van der Waals surface area contributed by atoms with E-state index in [2.05, 4.69) is 10.1 Å². The van der Waals surface area contributed by atoms with Gasteiger partial charge in [0, 0.05) is 16.8 Å². The number of esters is 1. The lowest BCUT2D eigenvalue weighted by Gasteiger charge is -2.20. The maximum atomic E-state index is 13.8. The molecule has 2 aromatic rings. The van der Waals surface area contributed by atoms with Crippen molar-refractivity contribution < 1.29 is 28.2 Å². The summed E-state index contributed by atoms with van der Waals surface area (Å²) in [5.41, 5.74) is 2.63. The van der Waals surface area contributed by atoms with Crippen molar-refractivity contribution >= 4 is 17.6 Å². The Labute approximate surface area is 149 Å². The third kappa shape index (κ3) is 3.83. The number of anilines is 1. The van der Waals surface area contributed by atoms with Crippen LogP contribution in [-0.2, 0) is 27.3 Å². The quantitative estimate of drug-likeness (QED) is 0.850. The number of fused-ring (bicyclic) bond motifs is 1. The van der Waals surface area contributed by atoms with E-state index >= 15 is 0 Å². The average Bonchev–Trinajstić information content (AvgIpc) is 2.62. The largest absolute Gasteiger partial charge is 0.467 e. The number of rotatable bonds is 4. The Kier molecular flexibility index (Phi) is 5.18. The number of carbonyl (C=O) groups is 2. The minimum atomic E-state index is -0.493. The zero-order valence-corrected chi connectivity index (χ0v) is 14.4. The van der Waals surface area contributed by atoms with Crippen LogP contribution in [0, 0.1) is 12.7 Å². The molecule has 26 heavy (non-hydrogen) atoms. The highest BCUT2D eigenvalue weighted by Gasteiger charge is 2.19. The molecule has 7 heteroatoms. The van der Waals surface area contributed by atoms with Gasteiger partial charge in [-0.05, 0) is 36.8 Å². The smallest absolute Gasteiger partial charge is 0.337 e. The highest BCUT2D eigenvalue weighted by Crippen LogP contribution is 2.30. The van der Waals surface area contributed by atoms with Crippen molar-refractivity contribution in [1.29, 1.82) is 0 Å². The average molecular weight is 359 g/mol. The molecule has 6 nitrogen and oxygen atoms in total.